The average Bonchev–Trinajstić information content (AvgIpc) is 2.41. The van der Waals surface area contributed by atoms with Crippen LogP contribution < -0.4 is 0 Å². The molecule has 0 heterocycles. The van der Waals surface area contributed by atoms with Crippen LogP contribution in [0.25, 0.3) is 0 Å². The second-order valence-electron chi connectivity index (χ2n) is 2.58. The number of alkyl halides is 1. The number of halogens is 1. The highest BCUT2D eigenvalue weighted by Crippen LogP contribution is 2.52. The number of methoxy groups -OCH3 is 1. The molecule has 1 aliphatic carbocycles. The van der Waals surface area contributed by atoms with Gasteiger partial charge < -0.3 is 4.74 Å². The minimum Gasteiger partial charge on any atom is -0.469 e. The van der Waals surface area contributed by atoms with E-state index in [2.05, 4.69) is 27.3 Å². The van der Waals surface area contributed by atoms with Gasteiger partial charge in [-0.3, -0.25) is 4.79 Å². The summed E-state index contributed by atoms with van der Waals surface area (Å²) in [6, 6.07) is 0. The van der Waals surface area contributed by atoms with Crippen LogP contribution in [0.2, 0.25) is 0 Å². The Kier molecular flexibility index (Phi) is 1.71. The number of ether oxygens (including phenoxy) is 1. The molecule has 1 saturated carbocycles. The van der Waals surface area contributed by atoms with Crippen LogP contribution in [0.5, 0.6) is 0 Å². The van der Waals surface area contributed by atoms with E-state index in [-0.39, 0.29) is 11.4 Å². The number of carbonyl (C=O) groups excluding carboxylic acids is 1. The Morgan fingerprint density at radius 3 is 2.44 bits per heavy atom. The highest BCUT2D eigenvalue weighted by molar-refractivity contribution is 14.1. The van der Waals surface area contributed by atoms with E-state index in [0.29, 0.717) is 3.92 Å². The molecule has 0 spiro atoms. The van der Waals surface area contributed by atoms with Crippen molar-refractivity contribution in [2.75, 3.05) is 7.11 Å². The van der Waals surface area contributed by atoms with E-state index in [1.54, 1.807) is 0 Å². The van der Waals surface area contributed by atoms with E-state index < -0.39 is 0 Å². The summed E-state index contributed by atoms with van der Waals surface area (Å²) in [5.41, 5.74) is -0.157. The molecule has 0 aromatic rings. The van der Waals surface area contributed by atoms with Crippen molar-refractivity contribution in [3.8, 4) is 0 Å². The Balaban J connectivity index is 2.53. The molecule has 3 heteroatoms. The molecule has 2 atom stereocenters. The van der Waals surface area contributed by atoms with Crippen molar-refractivity contribution in [2.24, 2.45) is 5.41 Å². The van der Waals surface area contributed by atoms with Crippen molar-refractivity contribution in [3.05, 3.63) is 0 Å². The summed E-state index contributed by atoms with van der Waals surface area (Å²) in [6.07, 6.45) is 0.972. The molecule has 1 fully saturated rings. The molecule has 0 N–H and O–H groups in total. The Morgan fingerprint density at radius 1 is 1.89 bits per heavy atom. The lowest BCUT2D eigenvalue weighted by Crippen LogP contribution is -2.15. The average molecular weight is 240 g/mol. The van der Waals surface area contributed by atoms with Gasteiger partial charge in [0.25, 0.3) is 0 Å². The van der Waals surface area contributed by atoms with Gasteiger partial charge in [0, 0.05) is 3.92 Å². The fourth-order valence-electron chi connectivity index (χ4n) is 0.758. The lowest BCUT2D eigenvalue weighted by Gasteiger charge is -2.03. The predicted molar refractivity (Wildman–Crippen MR) is 42.5 cm³/mol. The molecule has 52 valence electrons. The lowest BCUT2D eigenvalue weighted by molar-refractivity contribution is -0.146. The van der Waals surface area contributed by atoms with Crippen LogP contribution in [0.3, 0.4) is 0 Å². The minimum absolute atomic E-state index is 0.0677. The first-order valence-corrected chi connectivity index (χ1v) is 4.08. The first kappa shape index (κ1) is 7.31. The van der Waals surface area contributed by atoms with Crippen LogP contribution in [-0.2, 0) is 9.53 Å². The Morgan fingerprint density at radius 2 is 2.33 bits per heavy atom. The van der Waals surface area contributed by atoms with Crippen LogP contribution in [0, 0.1) is 5.41 Å². The van der Waals surface area contributed by atoms with E-state index in [1.165, 1.54) is 7.11 Å². The summed E-state index contributed by atoms with van der Waals surface area (Å²) in [7, 11) is 1.44. The van der Waals surface area contributed by atoms with Crippen molar-refractivity contribution in [1.82, 2.24) is 0 Å². The summed E-state index contributed by atoms with van der Waals surface area (Å²) < 4.78 is 5.09. The monoisotopic (exact) mass is 240 g/mol. The Hall–Kier alpha value is 0.200. The fourth-order valence-corrected chi connectivity index (χ4v) is 1.93. The van der Waals surface area contributed by atoms with E-state index >= 15 is 0 Å². The smallest absolute Gasteiger partial charge is 0.312 e. The van der Waals surface area contributed by atoms with Gasteiger partial charge in [0.05, 0.1) is 12.5 Å². The number of hydrogen-bond donors (Lipinski definition) is 0. The van der Waals surface area contributed by atoms with Gasteiger partial charge in [0.2, 0.25) is 0 Å². The van der Waals surface area contributed by atoms with Crippen molar-refractivity contribution < 1.29 is 9.53 Å². The van der Waals surface area contributed by atoms with E-state index in [4.69, 9.17) is 0 Å². The van der Waals surface area contributed by atoms with Crippen molar-refractivity contribution in [2.45, 2.75) is 17.3 Å². The summed E-state index contributed by atoms with van der Waals surface area (Å²) in [5.74, 6) is -0.0677. The third kappa shape index (κ3) is 1.07. The highest BCUT2D eigenvalue weighted by Gasteiger charge is 2.55. The summed E-state index contributed by atoms with van der Waals surface area (Å²) in [5, 5.41) is 0. The molecule has 1 aliphatic rings. The standard InChI is InChI=1S/C6H9IO2/c1-6(3-4(6)7)5(8)9-2/h4H,3H2,1-2H3. The maximum absolute atomic E-state index is 10.9. The van der Waals surface area contributed by atoms with Gasteiger partial charge in [-0.25, -0.2) is 0 Å². The van der Waals surface area contributed by atoms with Gasteiger partial charge in [-0.15, -0.1) is 0 Å². The van der Waals surface area contributed by atoms with E-state index in [9.17, 15) is 4.79 Å². The lowest BCUT2D eigenvalue weighted by atomic mass is 10.1. The van der Waals surface area contributed by atoms with Crippen molar-refractivity contribution in [1.29, 1.82) is 0 Å². The molecule has 2 nitrogen and oxygen atoms in total. The van der Waals surface area contributed by atoms with E-state index in [1.807, 2.05) is 6.92 Å². The summed E-state index contributed by atoms with van der Waals surface area (Å²) >= 11 is 2.27. The van der Waals surface area contributed by atoms with Gasteiger partial charge in [-0.05, 0) is 13.3 Å². The molecule has 2 unspecified atom stereocenters. The van der Waals surface area contributed by atoms with Crippen LogP contribution >= 0.6 is 22.6 Å². The predicted octanol–water partition coefficient (Wildman–Crippen LogP) is 1.37. The molecule has 0 aliphatic heterocycles. The zero-order chi connectivity index (χ0) is 7.07. The SMILES string of the molecule is COC(=O)C1(C)CC1I. The zero-order valence-corrected chi connectivity index (χ0v) is 7.64. The van der Waals surface area contributed by atoms with Crippen molar-refractivity contribution >= 4 is 28.6 Å². The maximum atomic E-state index is 10.9. The van der Waals surface area contributed by atoms with E-state index in [0.717, 1.165) is 6.42 Å². The van der Waals surface area contributed by atoms with Crippen LogP contribution in [0.1, 0.15) is 13.3 Å². The molecule has 0 saturated heterocycles. The first-order valence-electron chi connectivity index (χ1n) is 2.84. The molecule has 0 amide bonds. The largest absolute Gasteiger partial charge is 0.469 e. The van der Waals surface area contributed by atoms with Crippen LogP contribution in [-0.4, -0.2) is 17.0 Å². The highest BCUT2D eigenvalue weighted by atomic mass is 127. The number of hydrogen-bond acceptors (Lipinski definition) is 2. The first-order chi connectivity index (χ1) is 4.11. The third-order valence-electron chi connectivity index (χ3n) is 1.79. The molecule has 0 aromatic heterocycles. The van der Waals surface area contributed by atoms with Crippen LogP contribution in [0.4, 0.5) is 0 Å². The molecular formula is C6H9IO2. The Bertz CT molecular complexity index is 146. The van der Waals surface area contributed by atoms with Crippen LogP contribution in [0.15, 0.2) is 0 Å². The summed E-state index contributed by atoms with van der Waals surface area (Å²) in [4.78, 5) is 10.9. The molecule has 9 heavy (non-hydrogen) atoms. The molecule has 0 bridgehead atoms. The third-order valence-corrected chi connectivity index (χ3v) is 3.60. The minimum atomic E-state index is -0.157. The van der Waals surface area contributed by atoms with Gasteiger partial charge in [-0.1, -0.05) is 22.6 Å². The molecule has 1 rings (SSSR count). The van der Waals surface area contributed by atoms with Gasteiger partial charge in [-0.2, -0.15) is 0 Å². The Labute approximate surface area is 68.1 Å². The molecule has 0 aromatic carbocycles. The van der Waals surface area contributed by atoms with Gasteiger partial charge in [0.15, 0.2) is 0 Å². The summed E-state index contributed by atoms with van der Waals surface area (Å²) in [6.45, 7) is 1.94. The normalized spacial score (nSPS) is 40.1. The molecule has 0 radical (unpaired) electrons. The van der Waals surface area contributed by atoms with Crippen molar-refractivity contribution in [3.63, 3.8) is 0 Å². The number of rotatable bonds is 1. The second-order valence-corrected chi connectivity index (χ2v) is 4.08. The molecular weight excluding hydrogens is 231 g/mol. The second kappa shape index (κ2) is 2.11. The number of carbonyl (C=O) groups is 1. The zero-order valence-electron chi connectivity index (χ0n) is 5.48. The topological polar surface area (TPSA) is 26.3 Å². The quantitative estimate of drug-likeness (QED) is 0.393. The van der Waals surface area contributed by atoms with Gasteiger partial charge >= 0.3 is 5.97 Å². The van der Waals surface area contributed by atoms with Gasteiger partial charge in [0.1, 0.15) is 0 Å². The maximum Gasteiger partial charge on any atom is 0.312 e. The number of esters is 1. The fraction of sp³-hybridized carbons (Fsp3) is 0.833.